The van der Waals surface area contributed by atoms with E-state index in [-0.39, 0.29) is 0 Å². The van der Waals surface area contributed by atoms with Crippen LogP contribution in [0, 0.1) is 11.8 Å². The van der Waals surface area contributed by atoms with Crippen LogP contribution in [0.25, 0.3) is 0 Å². The summed E-state index contributed by atoms with van der Waals surface area (Å²) < 4.78 is 0. The molecule has 3 unspecified atom stereocenters. The van der Waals surface area contributed by atoms with Crippen molar-refractivity contribution in [3.8, 4) is 0 Å². The second kappa shape index (κ2) is 5.86. The van der Waals surface area contributed by atoms with Gasteiger partial charge in [-0.1, -0.05) is 34.1 Å². The summed E-state index contributed by atoms with van der Waals surface area (Å²) in [5, 5.41) is 3.65. The van der Waals surface area contributed by atoms with Crippen LogP contribution < -0.4 is 5.32 Å². The molecule has 0 saturated carbocycles. The summed E-state index contributed by atoms with van der Waals surface area (Å²) in [6, 6.07) is 1.42. The highest BCUT2D eigenvalue weighted by atomic mass is 15.2. The molecule has 0 aromatic rings. The quantitative estimate of drug-likeness (QED) is 0.769. The summed E-state index contributed by atoms with van der Waals surface area (Å²) in [7, 11) is 0. The van der Waals surface area contributed by atoms with Crippen molar-refractivity contribution < 1.29 is 0 Å². The van der Waals surface area contributed by atoms with Gasteiger partial charge in [0.2, 0.25) is 0 Å². The van der Waals surface area contributed by atoms with Gasteiger partial charge >= 0.3 is 0 Å². The van der Waals surface area contributed by atoms with Gasteiger partial charge < -0.3 is 5.32 Å². The van der Waals surface area contributed by atoms with Crippen molar-refractivity contribution in [1.82, 2.24) is 10.2 Å². The minimum absolute atomic E-state index is 0.699. The number of rotatable bonds is 4. The van der Waals surface area contributed by atoms with Crippen molar-refractivity contribution in [1.29, 1.82) is 0 Å². The van der Waals surface area contributed by atoms with E-state index < -0.39 is 0 Å². The molecule has 1 aliphatic rings. The van der Waals surface area contributed by atoms with E-state index in [9.17, 15) is 0 Å². The van der Waals surface area contributed by atoms with Crippen LogP contribution in [0.4, 0.5) is 0 Å². The number of nitrogens with one attached hydrogen (secondary N) is 1. The monoisotopic (exact) mass is 212 g/mol. The molecular weight excluding hydrogens is 184 g/mol. The van der Waals surface area contributed by atoms with Gasteiger partial charge in [0.05, 0.1) is 0 Å². The molecule has 0 amide bonds. The zero-order valence-electron chi connectivity index (χ0n) is 11.1. The molecular formula is C13H28N2. The summed E-state index contributed by atoms with van der Waals surface area (Å²) in [6.07, 6.45) is 1.28. The Morgan fingerprint density at radius 3 is 2.47 bits per heavy atom. The Hall–Kier alpha value is -0.0800. The van der Waals surface area contributed by atoms with E-state index in [1.807, 2.05) is 0 Å². The third-order valence-corrected chi connectivity index (χ3v) is 4.11. The Labute approximate surface area is 95.4 Å². The van der Waals surface area contributed by atoms with Crippen LogP contribution in [0.2, 0.25) is 0 Å². The van der Waals surface area contributed by atoms with E-state index in [0.717, 1.165) is 24.4 Å². The molecule has 1 saturated heterocycles. The fourth-order valence-electron chi connectivity index (χ4n) is 2.26. The van der Waals surface area contributed by atoms with Gasteiger partial charge in [0, 0.05) is 31.7 Å². The van der Waals surface area contributed by atoms with E-state index in [2.05, 4.69) is 44.8 Å². The second-order valence-electron chi connectivity index (χ2n) is 5.43. The molecule has 1 fully saturated rings. The number of nitrogens with zero attached hydrogens (tertiary/aromatic N) is 1. The molecule has 0 aromatic heterocycles. The lowest BCUT2D eigenvalue weighted by molar-refractivity contribution is 0.106. The highest BCUT2D eigenvalue weighted by Crippen LogP contribution is 2.17. The Morgan fingerprint density at radius 2 is 1.93 bits per heavy atom. The van der Waals surface area contributed by atoms with E-state index in [1.54, 1.807) is 0 Å². The lowest BCUT2D eigenvalue weighted by Crippen LogP contribution is -2.56. The zero-order valence-corrected chi connectivity index (χ0v) is 11.1. The summed E-state index contributed by atoms with van der Waals surface area (Å²) in [6.45, 7) is 15.3. The van der Waals surface area contributed by atoms with Gasteiger partial charge in [-0.3, -0.25) is 4.90 Å². The molecule has 0 bridgehead atoms. The first-order chi connectivity index (χ1) is 7.06. The van der Waals surface area contributed by atoms with Gasteiger partial charge in [-0.25, -0.2) is 0 Å². The molecule has 1 aliphatic heterocycles. The van der Waals surface area contributed by atoms with Gasteiger partial charge in [0.1, 0.15) is 0 Å². The van der Waals surface area contributed by atoms with Gasteiger partial charge in [0.15, 0.2) is 0 Å². The van der Waals surface area contributed by atoms with Crippen molar-refractivity contribution in [3.63, 3.8) is 0 Å². The predicted octanol–water partition coefficient (Wildman–Crippen LogP) is 2.35. The maximum Gasteiger partial charge on any atom is 0.0221 e. The minimum atomic E-state index is 0.699. The number of hydrogen-bond donors (Lipinski definition) is 1. The topological polar surface area (TPSA) is 15.3 Å². The fourth-order valence-corrected chi connectivity index (χ4v) is 2.26. The molecule has 2 heteroatoms. The SMILES string of the molecule is CCC(C)C1CN(C(C)C(C)C)CCN1. The van der Waals surface area contributed by atoms with Crippen molar-refractivity contribution >= 4 is 0 Å². The molecule has 0 aromatic carbocycles. The Kier molecular flexibility index (Phi) is 5.07. The standard InChI is InChI=1S/C13H28N2/c1-6-11(4)13-9-15(8-7-14-13)12(5)10(2)3/h10-14H,6-9H2,1-5H3. The average Bonchev–Trinajstić information content (AvgIpc) is 2.27. The summed E-state index contributed by atoms with van der Waals surface area (Å²) in [5.74, 6) is 1.56. The lowest BCUT2D eigenvalue weighted by Gasteiger charge is -2.41. The van der Waals surface area contributed by atoms with Crippen molar-refractivity contribution in [2.24, 2.45) is 11.8 Å². The second-order valence-corrected chi connectivity index (χ2v) is 5.43. The first-order valence-corrected chi connectivity index (χ1v) is 6.53. The molecule has 3 atom stereocenters. The molecule has 2 nitrogen and oxygen atoms in total. The largest absolute Gasteiger partial charge is 0.311 e. The Balaban J connectivity index is 2.48. The number of piperazine rings is 1. The molecule has 0 radical (unpaired) electrons. The molecule has 1 N–H and O–H groups in total. The van der Waals surface area contributed by atoms with Gasteiger partial charge in [-0.05, 0) is 18.8 Å². The Morgan fingerprint density at radius 1 is 1.27 bits per heavy atom. The molecule has 0 spiro atoms. The van der Waals surface area contributed by atoms with E-state index in [4.69, 9.17) is 0 Å². The van der Waals surface area contributed by atoms with Crippen LogP contribution in [-0.4, -0.2) is 36.6 Å². The predicted molar refractivity (Wildman–Crippen MR) is 67.1 cm³/mol. The van der Waals surface area contributed by atoms with Crippen molar-refractivity contribution in [3.05, 3.63) is 0 Å². The fraction of sp³-hybridized carbons (Fsp3) is 1.00. The van der Waals surface area contributed by atoms with Gasteiger partial charge in [-0.15, -0.1) is 0 Å². The van der Waals surface area contributed by atoms with Crippen LogP contribution in [0.15, 0.2) is 0 Å². The van der Waals surface area contributed by atoms with Gasteiger partial charge in [-0.2, -0.15) is 0 Å². The third-order valence-electron chi connectivity index (χ3n) is 4.11. The van der Waals surface area contributed by atoms with Crippen LogP contribution in [0.3, 0.4) is 0 Å². The van der Waals surface area contributed by atoms with E-state index in [1.165, 1.54) is 19.5 Å². The maximum atomic E-state index is 3.65. The van der Waals surface area contributed by atoms with E-state index >= 15 is 0 Å². The van der Waals surface area contributed by atoms with Crippen molar-refractivity contribution in [2.45, 2.75) is 53.1 Å². The molecule has 90 valence electrons. The molecule has 1 heterocycles. The van der Waals surface area contributed by atoms with Crippen LogP contribution in [0.1, 0.15) is 41.0 Å². The lowest BCUT2D eigenvalue weighted by atomic mass is 9.95. The highest BCUT2D eigenvalue weighted by Gasteiger charge is 2.26. The maximum absolute atomic E-state index is 3.65. The summed E-state index contributed by atoms with van der Waals surface area (Å²) in [4.78, 5) is 2.65. The van der Waals surface area contributed by atoms with Gasteiger partial charge in [0.25, 0.3) is 0 Å². The summed E-state index contributed by atoms with van der Waals surface area (Å²) in [5.41, 5.74) is 0. The van der Waals surface area contributed by atoms with Crippen molar-refractivity contribution in [2.75, 3.05) is 19.6 Å². The Bertz CT molecular complexity index is 179. The molecule has 15 heavy (non-hydrogen) atoms. The number of hydrogen-bond acceptors (Lipinski definition) is 2. The first-order valence-electron chi connectivity index (χ1n) is 6.53. The average molecular weight is 212 g/mol. The molecule has 1 rings (SSSR count). The summed E-state index contributed by atoms with van der Waals surface area (Å²) >= 11 is 0. The van der Waals surface area contributed by atoms with Crippen LogP contribution >= 0.6 is 0 Å². The highest BCUT2D eigenvalue weighted by molar-refractivity contribution is 4.85. The van der Waals surface area contributed by atoms with Crippen LogP contribution in [-0.2, 0) is 0 Å². The smallest absolute Gasteiger partial charge is 0.0221 e. The van der Waals surface area contributed by atoms with E-state index in [0.29, 0.717) is 6.04 Å². The molecule has 0 aliphatic carbocycles. The normalized spacial score (nSPS) is 28.0. The van der Waals surface area contributed by atoms with Crippen LogP contribution in [0.5, 0.6) is 0 Å². The minimum Gasteiger partial charge on any atom is -0.311 e. The first kappa shape index (κ1) is 13.0. The third kappa shape index (κ3) is 3.46. The zero-order chi connectivity index (χ0) is 11.4.